The Morgan fingerprint density at radius 1 is 1.14 bits per heavy atom. The molecule has 0 spiro atoms. The summed E-state index contributed by atoms with van der Waals surface area (Å²) in [5.41, 5.74) is 8.11. The SMILES string of the molecule is Nc1c(C(=O)O)cccc1N1CC(=O)Nc2ccccc21. The van der Waals surface area contributed by atoms with Crippen LogP contribution in [0.5, 0.6) is 0 Å². The second kappa shape index (κ2) is 4.82. The Bertz CT molecular complexity index is 743. The summed E-state index contributed by atoms with van der Waals surface area (Å²) in [7, 11) is 0. The zero-order chi connectivity index (χ0) is 15.0. The lowest BCUT2D eigenvalue weighted by molar-refractivity contribution is -0.115. The highest BCUT2D eigenvalue weighted by Crippen LogP contribution is 2.38. The van der Waals surface area contributed by atoms with Crippen molar-refractivity contribution >= 4 is 34.6 Å². The van der Waals surface area contributed by atoms with E-state index in [2.05, 4.69) is 5.32 Å². The average Bonchev–Trinajstić information content (AvgIpc) is 2.46. The maximum atomic E-state index is 11.8. The van der Waals surface area contributed by atoms with Crippen molar-refractivity contribution < 1.29 is 14.7 Å². The van der Waals surface area contributed by atoms with Gasteiger partial charge in [-0.05, 0) is 24.3 Å². The number of nitrogens with two attached hydrogens (primary N) is 1. The Morgan fingerprint density at radius 3 is 2.62 bits per heavy atom. The van der Waals surface area contributed by atoms with Crippen LogP contribution in [-0.4, -0.2) is 23.5 Å². The van der Waals surface area contributed by atoms with E-state index < -0.39 is 5.97 Å². The fourth-order valence-electron chi connectivity index (χ4n) is 2.42. The van der Waals surface area contributed by atoms with Crippen LogP contribution in [0.25, 0.3) is 0 Å². The monoisotopic (exact) mass is 283 g/mol. The summed E-state index contributed by atoms with van der Waals surface area (Å²) in [5.74, 6) is -1.27. The summed E-state index contributed by atoms with van der Waals surface area (Å²) in [4.78, 5) is 24.7. The van der Waals surface area contributed by atoms with Gasteiger partial charge in [-0.3, -0.25) is 4.79 Å². The second-order valence-corrected chi connectivity index (χ2v) is 4.69. The number of carboxylic acids is 1. The van der Waals surface area contributed by atoms with Gasteiger partial charge < -0.3 is 21.1 Å². The van der Waals surface area contributed by atoms with E-state index in [1.54, 1.807) is 23.1 Å². The van der Waals surface area contributed by atoms with Crippen LogP contribution in [0.4, 0.5) is 22.7 Å². The molecule has 1 heterocycles. The number of amides is 1. The van der Waals surface area contributed by atoms with Crippen LogP contribution in [0, 0.1) is 0 Å². The smallest absolute Gasteiger partial charge is 0.337 e. The molecule has 2 aromatic rings. The Morgan fingerprint density at radius 2 is 1.86 bits per heavy atom. The topological polar surface area (TPSA) is 95.7 Å². The number of hydrogen-bond acceptors (Lipinski definition) is 4. The number of fused-ring (bicyclic) bond motifs is 1. The molecule has 0 fully saturated rings. The highest BCUT2D eigenvalue weighted by Gasteiger charge is 2.25. The molecule has 4 N–H and O–H groups in total. The van der Waals surface area contributed by atoms with Gasteiger partial charge in [0.05, 0.1) is 28.3 Å². The van der Waals surface area contributed by atoms with Crippen LogP contribution >= 0.6 is 0 Å². The molecule has 0 unspecified atom stereocenters. The van der Waals surface area contributed by atoms with Gasteiger partial charge in [0.1, 0.15) is 6.54 Å². The van der Waals surface area contributed by atoms with Crippen LogP contribution in [-0.2, 0) is 4.79 Å². The second-order valence-electron chi connectivity index (χ2n) is 4.69. The predicted molar refractivity (Wildman–Crippen MR) is 79.9 cm³/mol. The van der Waals surface area contributed by atoms with E-state index in [0.717, 1.165) is 5.69 Å². The lowest BCUT2D eigenvalue weighted by Gasteiger charge is -2.31. The number of anilines is 4. The summed E-state index contributed by atoms with van der Waals surface area (Å²) in [6, 6.07) is 12.1. The van der Waals surface area contributed by atoms with E-state index in [1.807, 2.05) is 18.2 Å². The van der Waals surface area contributed by atoms with E-state index in [1.165, 1.54) is 6.07 Å². The van der Waals surface area contributed by atoms with Gasteiger partial charge in [0.15, 0.2) is 0 Å². The minimum Gasteiger partial charge on any atom is -0.478 e. The summed E-state index contributed by atoms with van der Waals surface area (Å²) < 4.78 is 0. The van der Waals surface area contributed by atoms with Crippen molar-refractivity contribution in [2.45, 2.75) is 0 Å². The van der Waals surface area contributed by atoms with Crippen LogP contribution in [0.1, 0.15) is 10.4 Å². The van der Waals surface area contributed by atoms with Crippen LogP contribution in [0.3, 0.4) is 0 Å². The molecule has 0 saturated carbocycles. The van der Waals surface area contributed by atoms with Gasteiger partial charge in [-0.15, -0.1) is 0 Å². The first-order chi connectivity index (χ1) is 10.1. The quantitative estimate of drug-likeness (QED) is 0.733. The van der Waals surface area contributed by atoms with Crippen molar-refractivity contribution in [3.05, 3.63) is 48.0 Å². The third-order valence-corrected chi connectivity index (χ3v) is 3.37. The molecule has 21 heavy (non-hydrogen) atoms. The number of benzene rings is 2. The lowest BCUT2D eigenvalue weighted by atomic mass is 10.1. The third-order valence-electron chi connectivity index (χ3n) is 3.37. The minimum atomic E-state index is -1.09. The van der Waals surface area contributed by atoms with Gasteiger partial charge >= 0.3 is 5.97 Å². The zero-order valence-electron chi connectivity index (χ0n) is 11.0. The first-order valence-electron chi connectivity index (χ1n) is 6.36. The number of hydrogen-bond donors (Lipinski definition) is 3. The highest BCUT2D eigenvalue weighted by atomic mass is 16.4. The van der Waals surface area contributed by atoms with E-state index in [9.17, 15) is 9.59 Å². The number of nitrogens with zero attached hydrogens (tertiary/aromatic N) is 1. The number of carbonyl (C=O) groups is 2. The summed E-state index contributed by atoms with van der Waals surface area (Å²) >= 11 is 0. The molecule has 6 heteroatoms. The predicted octanol–water partition coefficient (Wildman–Crippen LogP) is 2.06. The number of aromatic carboxylic acids is 1. The first kappa shape index (κ1) is 13.0. The maximum absolute atomic E-state index is 11.8. The molecule has 1 aliphatic heterocycles. The summed E-state index contributed by atoms with van der Waals surface area (Å²) in [6.45, 7) is 0.0876. The highest BCUT2D eigenvalue weighted by molar-refractivity contribution is 6.05. The molecule has 0 atom stereocenters. The first-order valence-corrected chi connectivity index (χ1v) is 6.36. The summed E-state index contributed by atoms with van der Waals surface area (Å²) in [5, 5.41) is 11.9. The molecule has 0 aromatic heterocycles. The van der Waals surface area contributed by atoms with Crippen molar-refractivity contribution in [3.8, 4) is 0 Å². The van der Waals surface area contributed by atoms with E-state index in [4.69, 9.17) is 10.8 Å². The van der Waals surface area contributed by atoms with E-state index in [-0.39, 0.29) is 23.7 Å². The number of nitrogens with one attached hydrogen (secondary N) is 1. The van der Waals surface area contributed by atoms with Gasteiger partial charge in [0.25, 0.3) is 0 Å². The van der Waals surface area contributed by atoms with Crippen LogP contribution in [0.15, 0.2) is 42.5 Å². The minimum absolute atomic E-state index is 0.0240. The van der Waals surface area contributed by atoms with Gasteiger partial charge in [0, 0.05) is 0 Å². The molecular formula is C15H13N3O3. The molecule has 0 aliphatic carbocycles. The van der Waals surface area contributed by atoms with Gasteiger partial charge in [0.2, 0.25) is 5.91 Å². The molecule has 1 amide bonds. The average molecular weight is 283 g/mol. The molecule has 0 bridgehead atoms. The number of carbonyl (C=O) groups excluding carboxylic acids is 1. The fraction of sp³-hybridized carbons (Fsp3) is 0.0667. The van der Waals surface area contributed by atoms with Crippen molar-refractivity contribution in [2.24, 2.45) is 0 Å². The maximum Gasteiger partial charge on any atom is 0.337 e. The molecule has 0 saturated heterocycles. The van der Waals surface area contributed by atoms with Gasteiger partial charge in [-0.25, -0.2) is 4.79 Å². The Balaban J connectivity index is 2.15. The van der Waals surface area contributed by atoms with Gasteiger partial charge in [-0.1, -0.05) is 18.2 Å². The molecule has 0 radical (unpaired) electrons. The lowest BCUT2D eigenvalue weighted by Crippen LogP contribution is -2.35. The zero-order valence-corrected chi connectivity index (χ0v) is 11.0. The van der Waals surface area contributed by atoms with E-state index in [0.29, 0.717) is 11.4 Å². The van der Waals surface area contributed by atoms with Gasteiger partial charge in [-0.2, -0.15) is 0 Å². The normalized spacial score (nSPS) is 13.5. The molecule has 6 nitrogen and oxygen atoms in total. The number of para-hydroxylation sites is 3. The van der Waals surface area contributed by atoms with Crippen LogP contribution in [0.2, 0.25) is 0 Å². The number of carboxylic acid groups (broad SMARTS) is 1. The van der Waals surface area contributed by atoms with E-state index >= 15 is 0 Å². The fourth-order valence-corrected chi connectivity index (χ4v) is 2.42. The number of nitrogen functional groups attached to an aromatic ring is 1. The molecular weight excluding hydrogens is 270 g/mol. The standard InChI is InChI=1S/C15H13N3O3/c16-14-9(15(20)21)4-3-7-12(14)18-8-13(19)17-10-5-1-2-6-11(10)18/h1-7H,8,16H2,(H,17,19)(H,20,21). The number of rotatable bonds is 2. The molecule has 1 aliphatic rings. The van der Waals surface area contributed by atoms with Crippen LogP contribution < -0.4 is 16.0 Å². The molecule has 2 aromatic carbocycles. The van der Waals surface area contributed by atoms with Crippen molar-refractivity contribution in [2.75, 3.05) is 22.5 Å². The third kappa shape index (κ3) is 2.16. The Labute approximate surface area is 120 Å². The molecule has 106 valence electrons. The summed E-state index contributed by atoms with van der Waals surface area (Å²) in [6.07, 6.45) is 0. The van der Waals surface area contributed by atoms with Crippen molar-refractivity contribution in [1.82, 2.24) is 0 Å². The van der Waals surface area contributed by atoms with Crippen molar-refractivity contribution in [3.63, 3.8) is 0 Å². The Kier molecular flexibility index (Phi) is 2.98. The largest absolute Gasteiger partial charge is 0.478 e. The van der Waals surface area contributed by atoms with Crippen molar-refractivity contribution in [1.29, 1.82) is 0 Å². The Hall–Kier alpha value is -3.02. The molecule has 3 rings (SSSR count).